The maximum Gasteiger partial charge on any atom is 0.237 e. The Labute approximate surface area is 139 Å². The van der Waals surface area contributed by atoms with Gasteiger partial charge in [0.1, 0.15) is 0 Å². The number of rotatable bonds is 4. The third-order valence-corrected chi connectivity index (χ3v) is 7.29. The largest absolute Gasteiger partial charge is 0.337 e. The van der Waals surface area contributed by atoms with Gasteiger partial charge in [0, 0.05) is 31.7 Å². The van der Waals surface area contributed by atoms with Crippen molar-refractivity contribution in [2.75, 3.05) is 50.8 Å². The molecule has 3 heterocycles. The average Bonchev–Trinajstić information content (AvgIpc) is 3.16. The molecule has 0 unspecified atom stereocenters. The van der Waals surface area contributed by atoms with Crippen LogP contribution in [0, 0.1) is 0 Å². The maximum atomic E-state index is 12.8. The highest BCUT2D eigenvalue weighted by Crippen LogP contribution is 2.30. The number of carbonyl (C=O) groups is 1. The number of hydrogen-bond donors (Lipinski definition) is 0. The molecule has 0 spiro atoms. The van der Waals surface area contributed by atoms with Crippen LogP contribution in [0.15, 0.2) is 0 Å². The number of nitrogens with zero attached hydrogens (tertiary/aromatic N) is 3. The van der Waals surface area contributed by atoms with Gasteiger partial charge in [-0.05, 0) is 38.8 Å². The molecule has 7 heteroatoms. The molecule has 0 aromatic carbocycles. The van der Waals surface area contributed by atoms with Crippen LogP contribution in [0.2, 0.25) is 0 Å². The van der Waals surface area contributed by atoms with E-state index in [1.165, 1.54) is 12.8 Å². The van der Waals surface area contributed by atoms with Crippen LogP contribution in [0.1, 0.15) is 32.6 Å². The first kappa shape index (κ1) is 17.2. The van der Waals surface area contributed by atoms with Gasteiger partial charge in [0.25, 0.3) is 0 Å². The van der Waals surface area contributed by atoms with E-state index in [1.807, 2.05) is 4.90 Å². The highest BCUT2D eigenvalue weighted by Gasteiger charge is 2.39. The molecule has 0 saturated carbocycles. The summed E-state index contributed by atoms with van der Waals surface area (Å²) in [6.45, 7) is 6.66. The lowest BCUT2D eigenvalue weighted by Gasteiger charge is -2.36. The molecule has 0 aromatic heterocycles. The fourth-order valence-corrected chi connectivity index (χ4v) is 5.65. The predicted octanol–water partition coefficient (Wildman–Crippen LogP) is 0.192. The van der Waals surface area contributed by atoms with Crippen LogP contribution in [0.5, 0.6) is 0 Å². The summed E-state index contributed by atoms with van der Waals surface area (Å²) in [5.41, 5.74) is 0. The highest BCUT2D eigenvalue weighted by molar-refractivity contribution is 7.91. The number of carbonyl (C=O) groups excluding carboxylic acids is 1. The number of likely N-dealkylation sites (N-methyl/N-ethyl adjacent to an activating group) is 1. The quantitative estimate of drug-likeness (QED) is 0.729. The van der Waals surface area contributed by atoms with Gasteiger partial charge in [0.2, 0.25) is 5.91 Å². The number of sulfone groups is 1. The summed E-state index contributed by atoms with van der Waals surface area (Å²) in [5, 5.41) is 0. The highest BCUT2D eigenvalue weighted by atomic mass is 32.2. The van der Waals surface area contributed by atoms with E-state index < -0.39 is 9.84 Å². The Morgan fingerprint density at radius 2 is 1.65 bits per heavy atom. The van der Waals surface area contributed by atoms with Crippen molar-refractivity contribution in [1.29, 1.82) is 0 Å². The van der Waals surface area contributed by atoms with Crippen molar-refractivity contribution >= 4 is 15.7 Å². The summed E-state index contributed by atoms with van der Waals surface area (Å²) < 4.78 is 23.0. The normalized spacial score (nSPS) is 32.5. The van der Waals surface area contributed by atoms with Gasteiger partial charge in [-0.2, -0.15) is 0 Å². The van der Waals surface area contributed by atoms with Crippen LogP contribution >= 0.6 is 0 Å². The third kappa shape index (κ3) is 3.88. The van der Waals surface area contributed by atoms with E-state index in [1.54, 1.807) is 0 Å². The van der Waals surface area contributed by atoms with Crippen molar-refractivity contribution in [3.05, 3.63) is 0 Å². The number of likely N-dealkylation sites (tertiary alicyclic amines) is 2. The van der Waals surface area contributed by atoms with Crippen LogP contribution in [-0.2, 0) is 14.6 Å². The van der Waals surface area contributed by atoms with Crippen LogP contribution in [0.3, 0.4) is 0 Å². The summed E-state index contributed by atoms with van der Waals surface area (Å²) in [4.78, 5) is 19.4. The van der Waals surface area contributed by atoms with Crippen molar-refractivity contribution in [3.8, 4) is 0 Å². The molecular formula is C16H29N3O3S. The first-order valence-corrected chi connectivity index (χ1v) is 10.8. The number of amides is 1. The Morgan fingerprint density at radius 1 is 1.00 bits per heavy atom. The average molecular weight is 343 g/mol. The molecule has 0 bridgehead atoms. The Hall–Kier alpha value is -0.660. The lowest BCUT2D eigenvalue weighted by Crippen LogP contribution is -2.52. The van der Waals surface area contributed by atoms with Crippen molar-refractivity contribution in [3.63, 3.8) is 0 Å². The fourth-order valence-electron chi connectivity index (χ4n) is 4.37. The summed E-state index contributed by atoms with van der Waals surface area (Å²) in [5.74, 6) is 0.570. The van der Waals surface area contributed by atoms with Gasteiger partial charge >= 0.3 is 0 Å². The van der Waals surface area contributed by atoms with Crippen LogP contribution in [-0.4, -0.2) is 91.9 Å². The van der Waals surface area contributed by atoms with E-state index in [0.717, 1.165) is 32.5 Å². The van der Waals surface area contributed by atoms with Crippen LogP contribution in [0.4, 0.5) is 0 Å². The van der Waals surface area contributed by atoms with Gasteiger partial charge < -0.3 is 4.90 Å². The second-order valence-electron chi connectivity index (χ2n) is 7.06. The summed E-state index contributed by atoms with van der Waals surface area (Å²) in [6.07, 6.45) is 4.64. The van der Waals surface area contributed by atoms with E-state index in [9.17, 15) is 13.2 Å². The van der Waals surface area contributed by atoms with Crippen molar-refractivity contribution in [2.24, 2.45) is 0 Å². The molecule has 0 aliphatic carbocycles. The first-order valence-electron chi connectivity index (χ1n) is 8.96. The van der Waals surface area contributed by atoms with Gasteiger partial charge in [-0.1, -0.05) is 6.92 Å². The lowest BCUT2D eigenvalue weighted by atomic mass is 10.0. The third-order valence-electron chi connectivity index (χ3n) is 5.68. The van der Waals surface area contributed by atoms with Gasteiger partial charge in [0.05, 0.1) is 18.1 Å². The molecule has 23 heavy (non-hydrogen) atoms. The second kappa shape index (κ2) is 7.07. The van der Waals surface area contributed by atoms with Crippen LogP contribution < -0.4 is 0 Å². The standard InChI is InChI=1S/C16H29N3O3S/c1-2-18-7-3-5-14(18)15-6-4-8-19(15)16(20)13-17-9-11-23(21,22)12-10-17/h14-15H,2-13H2,1H3/t14-,15-/m1/s1. The van der Waals surface area contributed by atoms with Gasteiger partial charge in [-0.25, -0.2) is 8.42 Å². The van der Waals surface area contributed by atoms with Crippen molar-refractivity contribution in [1.82, 2.24) is 14.7 Å². The van der Waals surface area contributed by atoms with E-state index in [4.69, 9.17) is 0 Å². The lowest BCUT2D eigenvalue weighted by molar-refractivity contribution is -0.134. The van der Waals surface area contributed by atoms with Crippen molar-refractivity contribution < 1.29 is 13.2 Å². The zero-order valence-corrected chi connectivity index (χ0v) is 14.9. The monoisotopic (exact) mass is 343 g/mol. The second-order valence-corrected chi connectivity index (χ2v) is 9.37. The zero-order chi connectivity index (χ0) is 16.4. The molecule has 132 valence electrons. The molecule has 3 aliphatic heterocycles. The minimum Gasteiger partial charge on any atom is -0.337 e. The minimum absolute atomic E-state index is 0.190. The van der Waals surface area contributed by atoms with E-state index in [2.05, 4.69) is 16.7 Å². The fraction of sp³-hybridized carbons (Fsp3) is 0.938. The Bertz CT molecular complexity index is 523. The Morgan fingerprint density at radius 3 is 2.35 bits per heavy atom. The number of hydrogen-bond acceptors (Lipinski definition) is 5. The molecule has 3 rings (SSSR count). The van der Waals surface area contributed by atoms with Gasteiger partial charge in [-0.15, -0.1) is 0 Å². The molecule has 0 aromatic rings. The topological polar surface area (TPSA) is 60.9 Å². The molecule has 3 saturated heterocycles. The van der Waals surface area contributed by atoms with E-state index in [0.29, 0.717) is 31.7 Å². The minimum atomic E-state index is -2.88. The summed E-state index contributed by atoms with van der Waals surface area (Å²) >= 11 is 0. The summed E-state index contributed by atoms with van der Waals surface area (Å²) in [7, 11) is -2.88. The zero-order valence-electron chi connectivity index (χ0n) is 14.1. The molecule has 3 aliphatic rings. The van der Waals surface area contributed by atoms with Gasteiger partial charge in [-0.3, -0.25) is 14.6 Å². The first-order chi connectivity index (χ1) is 11.0. The summed E-state index contributed by atoms with van der Waals surface area (Å²) in [6, 6.07) is 0.881. The molecule has 0 radical (unpaired) electrons. The van der Waals surface area contributed by atoms with Crippen molar-refractivity contribution in [2.45, 2.75) is 44.7 Å². The van der Waals surface area contributed by atoms with E-state index in [-0.39, 0.29) is 17.4 Å². The molecule has 0 N–H and O–H groups in total. The Kier molecular flexibility index (Phi) is 5.28. The Balaban J connectivity index is 1.58. The smallest absolute Gasteiger partial charge is 0.237 e. The molecule has 6 nitrogen and oxygen atoms in total. The molecular weight excluding hydrogens is 314 g/mol. The van der Waals surface area contributed by atoms with Crippen LogP contribution in [0.25, 0.3) is 0 Å². The molecule has 1 amide bonds. The van der Waals surface area contributed by atoms with Gasteiger partial charge in [0.15, 0.2) is 9.84 Å². The predicted molar refractivity (Wildman–Crippen MR) is 90.1 cm³/mol. The molecule has 2 atom stereocenters. The maximum absolute atomic E-state index is 12.8. The SMILES string of the molecule is CCN1CCC[C@@H]1[C@H]1CCCN1C(=O)CN1CCS(=O)(=O)CC1. The molecule has 3 fully saturated rings. The van der Waals surface area contributed by atoms with E-state index >= 15 is 0 Å².